The fraction of sp³-hybridized carbons (Fsp3) is 0.538. The van der Waals surface area contributed by atoms with Gasteiger partial charge in [0, 0.05) is 25.9 Å². The number of hydrogen-bond acceptors (Lipinski definition) is 5. The van der Waals surface area contributed by atoms with E-state index in [4.69, 9.17) is 9.47 Å². The average Bonchev–Trinajstić information content (AvgIpc) is 2.79. The first-order valence-electron chi connectivity index (χ1n) is 6.31. The zero-order valence-electron chi connectivity index (χ0n) is 10.9. The van der Waals surface area contributed by atoms with Crippen molar-refractivity contribution in [2.24, 2.45) is 0 Å². The van der Waals surface area contributed by atoms with E-state index in [2.05, 4.69) is 4.98 Å². The number of rotatable bonds is 5. The van der Waals surface area contributed by atoms with E-state index in [9.17, 15) is 9.90 Å². The molecule has 0 spiro atoms. The van der Waals surface area contributed by atoms with Gasteiger partial charge in [-0.25, -0.2) is 0 Å². The number of pyridine rings is 1. The van der Waals surface area contributed by atoms with E-state index < -0.39 is 6.10 Å². The number of hydrogen-bond donors (Lipinski definition) is 1. The molecule has 0 radical (unpaired) electrons. The third-order valence-corrected chi connectivity index (χ3v) is 2.97. The lowest BCUT2D eigenvalue weighted by molar-refractivity contribution is -0.132. The van der Waals surface area contributed by atoms with Crippen LogP contribution in [-0.4, -0.2) is 59.4 Å². The fourth-order valence-corrected chi connectivity index (χ4v) is 2.01. The van der Waals surface area contributed by atoms with Crippen LogP contribution < -0.4 is 4.74 Å². The molecule has 1 fully saturated rings. The first-order valence-corrected chi connectivity index (χ1v) is 6.31. The minimum atomic E-state index is -0.623. The molecule has 0 aliphatic carbocycles. The molecular weight excluding hydrogens is 248 g/mol. The zero-order valence-corrected chi connectivity index (χ0v) is 10.9. The highest BCUT2D eigenvalue weighted by atomic mass is 16.5. The van der Waals surface area contributed by atoms with Crippen LogP contribution in [0.1, 0.15) is 6.92 Å². The Bertz CT molecular complexity index is 412. The second-order valence-corrected chi connectivity index (χ2v) is 4.34. The molecule has 19 heavy (non-hydrogen) atoms. The van der Waals surface area contributed by atoms with E-state index in [1.165, 1.54) is 0 Å². The van der Waals surface area contributed by atoms with Crippen LogP contribution in [0.4, 0.5) is 0 Å². The van der Waals surface area contributed by atoms with Crippen LogP contribution in [0, 0.1) is 0 Å². The van der Waals surface area contributed by atoms with Gasteiger partial charge in [0.15, 0.2) is 6.61 Å². The Balaban J connectivity index is 1.81. The van der Waals surface area contributed by atoms with Crippen LogP contribution >= 0.6 is 0 Å². The van der Waals surface area contributed by atoms with Crippen molar-refractivity contribution in [2.45, 2.75) is 19.1 Å². The van der Waals surface area contributed by atoms with Crippen molar-refractivity contribution < 1.29 is 19.4 Å². The monoisotopic (exact) mass is 266 g/mol. The summed E-state index contributed by atoms with van der Waals surface area (Å²) in [5.74, 6) is 0.391. The minimum absolute atomic E-state index is 0.0583. The number of aliphatic hydroxyl groups excluding tert-OH is 1. The maximum absolute atomic E-state index is 11.9. The number of nitrogens with zero attached hydrogens (tertiary/aromatic N) is 2. The number of likely N-dealkylation sites (tertiary alicyclic amines) is 1. The first-order chi connectivity index (χ1) is 9.20. The molecule has 0 unspecified atom stereocenters. The number of aliphatic hydroxyl groups is 1. The van der Waals surface area contributed by atoms with E-state index in [0.717, 1.165) is 0 Å². The van der Waals surface area contributed by atoms with Gasteiger partial charge in [0.2, 0.25) is 0 Å². The van der Waals surface area contributed by atoms with Crippen molar-refractivity contribution in [1.82, 2.24) is 9.88 Å². The van der Waals surface area contributed by atoms with E-state index in [0.29, 0.717) is 25.4 Å². The van der Waals surface area contributed by atoms with Gasteiger partial charge in [-0.1, -0.05) is 0 Å². The lowest BCUT2D eigenvalue weighted by atomic mass is 10.3. The molecule has 1 aliphatic heterocycles. The molecule has 1 aromatic heterocycles. The molecule has 2 heterocycles. The maximum atomic E-state index is 11.9. The largest absolute Gasteiger partial charge is 0.482 e. The van der Waals surface area contributed by atoms with Gasteiger partial charge in [-0.3, -0.25) is 9.78 Å². The van der Waals surface area contributed by atoms with Crippen molar-refractivity contribution in [2.75, 3.05) is 26.3 Å². The molecule has 6 heteroatoms. The third-order valence-electron chi connectivity index (χ3n) is 2.97. The minimum Gasteiger partial charge on any atom is -0.482 e. The van der Waals surface area contributed by atoms with Crippen LogP contribution in [0.2, 0.25) is 0 Å². The number of aromatic nitrogens is 1. The maximum Gasteiger partial charge on any atom is 0.260 e. The van der Waals surface area contributed by atoms with Gasteiger partial charge in [-0.15, -0.1) is 0 Å². The molecule has 0 bridgehead atoms. The molecule has 1 N–H and O–H groups in total. The number of ether oxygens (including phenoxy) is 2. The summed E-state index contributed by atoms with van der Waals surface area (Å²) in [6.45, 7) is 3.03. The van der Waals surface area contributed by atoms with Crippen molar-refractivity contribution >= 4 is 5.91 Å². The summed E-state index contributed by atoms with van der Waals surface area (Å²) in [5.41, 5.74) is 0. The van der Waals surface area contributed by atoms with Crippen LogP contribution in [0.3, 0.4) is 0 Å². The molecule has 104 valence electrons. The van der Waals surface area contributed by atoms with Crippen LogP contribution in [0.25, 0.3) is 0 Å². The molecular formula is C13H18N2O4. The second kappa shape index (κ2) is 6.49. The SMILES string of the molecule is CCO[C@H]1CN(C(=O)COc2cccnc2)C[C@@H]1O. The molecule has 1 saturated heterocycles. The van der Waals surface area contributed by atoms with Gasteiger partial charge in [0.1, 0.15) is 11.9 Å². The van der Waals surface area contributed by atoms with Gasteiger partial charge in [-0.05, 0) is 19.1 Å². The molecule has 2 atom stereocenters. The van der Waals surface area contributed by atoms with E-state index in [1.807, 2.05) is 6.92 Å². The normalized spacial score (nSPS) is 22.5. The Labute approximate surface area is 112 Å². The molecule has 0 aromatic carbocycles. The number of β-amino-alcohol motifs (C(OH)–C–C–N with tert-alkyl or cyclic N) is 1. The molecule has 6 nitrogen and oxygen atoms in total. The summed E-state index contributed by atoms with van der Waals surface area (Å²) in [6.07, 6.45) is 2.27. The molecule has 1 amide bonds. The third kappa shape index (κ3) is 3.65. The Kier molecular flexibility index (Phi) is 4.70. The van der Waals surface area contributed by atoms with Crippen molar-refractivity contribution in [3.63, 3.8) is 0 Å². The molecule has 1 aliphatic rings. The highest BCUT2D eigenvalue weighted by molar-refractivity contribution is 5.78. The van der Waals surface area contributed by atoms with Gasteiger partial charge in [0.05, 0.1) is 12.3 Å². The molecule has 2 rings (SSSR count). The van der Waals surface area contributed by atoms with Gasteiger partial charge in [-0.2, -0.15) is 0 Å². The second-order valence-electron chi connectivity index (χ2n) is 4.34. The van der Waals surface area contributed by atoms with Crippen LogP contribution in [0.15, 0.2) is 24.5 Å². The van der Waals surface area contributed by atoms with Crippen molar-refractivity contribution in [1.29, 1.82) is 0 Å². The highest BCUT2D eigenvalue weighted by Gasteiger charge is 2.34. The average molecular weight is 266 g/mol. The Morgan fingerprint density at radius 2 is 2.42 bits per heavy atom. The summed E-state index contributed by atoms with van der Waals surface area (Å²) >= 11 is 0. The van der Waals surface area contributed by atoms with E-state index in [1.54, 1.807) is 29.4 Å². The molecule has 0 saturated carbocycles. The van der Waals surface area contributed by atoms with E-state index in [-0.39, 0.29) is 18.6 Å². The first kappa shape index (κ1) is 13.8. The quantitative estimate of drug-likeness (QED) is 0.816. The summed E-state index contributed by atoms with van der Waals surface area (Å²) in [4.78, 5) is 17.4. The zero-order chi connectivity index (χ0) is 13.7. The number of amides is 1. The summed E-state index contributed by atoms with van der Waals surface area (Å²) in [5, 5.41) is 9.75. The van der Waals surface area contributed by atoms with Crippen molar-refractivity contribution in [3.8, 4) is 5.75 Å². The number of carbonyl (C=O) groups is 1. The summed E-state index contributed by atoms with van der Waals surface area (Å²) in [7, 11) is 0. The predicted octanol–water partition coefficient (Wildman–Crippen LogP) is 0.0686. The van der Waals surface area contributed by atoms with Crippen LogP contribution in [-0.2, 0) is 9.53 Å². The fourth-order valence-electron chi connectivity index (χ4n) is 2.01. The predicted molar refractivity (Wildman–Crippen MR) is 67.7 cm³/mol. The Hall–Kier alpha value is -1.66. The lowest BCUT2D eigenvalue weighted by Gasteiger charge is -2.16. The summed E-state index contributed by atoms with van der Waals surface area (Å²) in [6, 6.07) is 3.48. The Morgan fingerprint density at radius 3 is 3.11 bits per heavy atom. The number of carbonyl (C=O) groups excluding carboxylic acids is 1. The Morgan fingerprint density at radius 1 is 1.58 bits per heavy atom. The van der Waals surface area contributed by atoms with E-state index >= 15 is 0 Å². The molecule has 1 aromatic rings. The van der Waals surface area contributed by atoms with Gasteiger partial charge < -0.3 is 19.5 Å². The van der Waals surface area contributed by atoms with Gasteiger partial charge >= 0.3 is 0 Å². The topological polar surface area (TPSA) is 71.9 Å². The standard InChI is InChI=1S/C13H18N2O4/c1-2-18-12-8-15(7-11(12)16)13(17)9-19-10-4-3-5-14-6-10/h3-6,11-12,16H,2,7-9H2,1H3/t11-,12-/m0/s1. The smallest absolute Gasteiger partial charge is 0.260 e. The van der Waals surface area contributed by atoms with Gasteiger partial charge in [0.25, 0.3) is 5.91 Å². The summed E-state index contributed by atoms with van der Waals surface area (Å²) < 4.78 is 10.7. The van der Waals surface area contributed by atoms with Crippen molar-refractivity contribution in [3.05, 3.63) is 24.5 Å². The van der Waals surface area contributed by atoms with Crippen LogP contribution in [0.5, 0.6) is 5.75 Å². The lowest BCUT2D eigenvalue weighted by Crippen LogP contribution is -2.34. The highest BCUT2D eigenvalue weighted by Crippen LogP contribution is 2.14.